The lowest BCUT2D eigenvalue weighted by Crippen LogP contribution is -2.26. The van der Waals surface area contributed by atoms with E-state index in [1.807, 2.05) is 18.2 Å². The summed E-state index contributed by atoms with van der Waals surface area (Å²) in [5, 5.41) is 2.81. The van der Waals surface area contributed by atoms with Gasteiger partial charge >= 0.3 is 0 Å². The quantitative estimate of drug-likeness (QED) is 0.564. The molecule has 0 spiro atoms. The van der Waals surface area contributed by atoms with Crippen LogP contribution in [0.3, 0.4) is 0 Å². The molecule has 3 aromatic rings. The lowest BCUT2D eigenvalue weighted by atomic mass is 10.2. The summed E-state index contributed by atoms with van der Waals surface area (Å²) in [5.74, 6) is -0.277. The second-order valence-corrected chi connectivity index (χ2v) is 8.57. The minimum atomic E-state index is -3.74. The number of pyridine rings is 1. The minimum Gasteiger partial charge on any atom is -0.352 e. The lowest BCUT2D eigenvalue weighted by molar-refractivity contribution is 0.0954. The predicted octanol–water partition coefficient (Wildman–Crippen LogP) is 3.62. The fourth-order valence-corrected chi connectivity index (χ4v) is 3.82. The van der Waals surface area contributed by atoms with Crippen molar-refractivity contribution in [2.75, 3.05) is 11.3 Å². The molecule has 1 heterocycles. The Kier molecular flexibility index (Phi) is 6.43. The maximum absolute atomic E-state index is 12.5. The van der Waals surface area contributed by atoms with Gasteiger partial charge in [-0.15, -0.1) is 0 Å². The van der Waals surface area contributed by atoms with Crippen molar-refractivity contribution in [2.24, 2.45) is 0 Å². The summed E-state index contributed by atoms with van der Waals surface area (Å²) in [4.78, 5) is 16.7. The van der Waals surface area contributed by atoms with Crippen molar-refractivity contribution in [1.29, 1.82) is 0 Å². The highest BCUT2D eigenvalue weighted by molar-refractivity contribution is 9.10. The standard InChI is InChI=1S/C20H18BrN3O3S/c21-16-7-9-19(10-8-16)28(26,27)24-18-6-3-4-15(14-18)20(25)23-13-11-17-5-1-2-12-22-17/h1-10,12,14,24H,11,13H2,(H,23,25). The number of anilines is 1. The number of carbonyl (C=O) groups is 1. The Morgan fingerprint density at radius 2 is 1.79 bits per heavy atom. The van der Waals surface area contributed by atoms with Crippen LogP contribution in [0.4, 0.5) is 5.69 Å². The van der Waals surface area contributed by atoms with Gasteiger partial charge < -0.3 is 5.32 Å². The molecule has 6 nitrogen and oxygen atoms in total. The third-order valence-electron chi connectivity index (χ3n) is 3.89. The summed E-state index contributed by atoms with van der Waals surface area (Å²) >= 11 is 3.28. The number of nitrogens with zero attached hydrogens (tertiary/aromatic N) is 1. The average molecular weight is 460 g/mol. The molecule has 0 radical (unpaired) electrons. The highest BCUT2D eigenvalue weighted by Gasteiger charge is 2.15. The number of rotatable bonds is 7. The first-order valence-electron chi connectivity index (χ1n) is 8.51. The molecule has 1 amide bonds. The van der Waals surface area contributed by atoms with E-state index >= 15 is 0 Å². The fraction of sp³-hybridized carbons (Fsp3) is 0.100. The van der Waals surface area contributed by atoms with Gasteiger partial charge in [0.05, 0.1) is 4.90 Å². The van der Waals surface area contributed by atoms with Gasteiger partial charge in [-0.1, -0.05) is 28.1 Å². The molecule has 144 valence electrons. The Morgan fingerprint density at radius 3 is 2.50 bits per heavy atom. The van der Waals surface area contributed by atoms with E-state index in [1.54, 1.807) is 36.5 Å². The molecule has 0 atom stereocenters. The summed E-state index contributed by atoms with van der Waals surface area (Å²) in [6.07, 6.45) is 2.32. The molecule has 0 fully saturated rings. The zero-order valence-corrected chi connectivity index (χ0v) is 17.2. The Morgan fingerprint density at radius 1 is 1.00 bits per heavy atom. The first-order valence-corrected chi connectivity index (χ1v) is 10.8. The largest absolute Gasteiger partial charge is 0.352 e. The highest BCUT2D eigenvalue weighted by atomic mass is 79.9. The molecule has 0 unspecified atom stereocenters. The normalized spacial score (nSPS) is 11.0. The van der Waals surface area contributed by atoms with Crippen LogP contribution in [-0.4, -0.2) is 25.9 Å². The van der Waals surface area contributed by atoms with Gasteiger partial charge in [0.2, 0.25) is 0 Å². The van der Waals surface area contributed by atoms with Gasteiger partial charge in [-0.25, -0.2) is 8.42 Å². The van der Waals surface area contributed by atoms with E-state index in [1.165, 1.54) is 18.2 Å². The van der Waals surface area contributed by atoms with Crippen molar-refractivity contribution in [1.82, 2.24) is 10.3 Å². The topological polar surface area (TPSA) is 88.2 Å². The van der Waals surface area contributed by atoms with E-state index in [9.17, 15) is 13.2 Å². The Bertz CT molecular complexity index is 1060. The first-order chi connectivity index (χ1) is 13.4. The fourth-order valence-electron chi connectivity index (χ4n) is 2.50. The van der Waals surface area contributed by atoms with Gasteiger partial charge in [0, 0.05) is 40.6 Å². The number of sulfonamides is 1. The zero-order valence-electron chi connectivity index (χ0n) is 14.8. The van der Waals surface area contributed by atoms with E-state index in [2.05, 4.69) is 31.0 Å². The summed E-state index contributed by atoms with van der Waals surface area (Å²) < 4.78 is 28.3. The maximum Gasteiger partial charge on any atom is 0.261 e. The summed E-state index contributed by atoms with van der Waals surface area (Å²) in [5.41, 5.74) is 1.58. The average Bonchev–Trinajstić information content (AvgIpc) is 2.69. The second-order valence-electron chi connectivity index (χ2n) is 5.97. The molecule has 0 aliphatic heterocycles. The molecule has 2 N–H and O–H groups in total. The molecule has 0 saturated carbocycles. The van der Waals surface area contributed by atoms with E-state index in [0.717, 1.165) is 10.2 Å². The van der Waals surface area contributed by atoms with Crippen LogP contribution in [0.15, 0.2) is 82.3 Å². The van der Waals surface area contributed by atoms with Crippen LogP contribution in [0.5, 0.6) is 0 Å². The lowest BCUT2D eigenvalue weighted by Gasteiger charge is -2.10. The van der Waals surface area contributed by atoms with Crippen LogP contribution in [0, 0.1) is 0 Å². The van der Waals surface area contributed by atoms with Gasteiger partial charge in [0.15, 0.2) is 0 Å². The van der Waals surface area contributed by atoms with E-state index < -0.39 is 10.0 Å². The Balaban J connectivity index is 1.64. The van der Waals surface area contributed by atoms with Gasteiger partial charge in [0.25, 0.3) is 15.9 Å². The van der Waals surface area contributed by atoms with Crippen molar-refractivity contribution >= 4 is 37.5 Å². The number of carbonyl (C=O) groups excluding carboxylic acids is 1. The number of amides is 1. The number of halogens is 1. The van der Waals surface area contributed by atoms with Crippen LogP contribution in [0.25, 0.3) is 0 Å². The van der Waals surface area contributed by atoms with Gasteiger partial charge in [-0.3, -0.25) is 14.5 Å². The number of nitrogens with one attached hydrogen (secondary N) is 2. The van der Waals surface area contributed by atoms with E-state index in [4.69, 9.17) is 0 Å². The molecule has 8 heteroatoms. The molecular weight excluding hydrogens is 442 g/mol. The van der Waals surface area contributed by atoms with Crippen molar-refractivity contribution in [3.63, 3.8) is 0 Å². The second kappa shape index (κ2) is 8.99. The van der Waals surface area contributed by atoms with Gasteiger partial charge in [0.1, 0.15) is 0 Å². The van der Waals surface area contributed by atoms with Crippen LogP contribution in [0.1, 0.15) is 16.1 Å². The summed E-state index contributed by atoms with van der Waals surface area (Å²) in [7, 11) is -3.74. The number of hydrogen-bond acceptors (Lipinski definition) is 4. The van der Waals surface area contributed by atoms with Gasteiger partial charge in [-0.2, -0.15) is 0 Å². The van der Waals surface area contributed by atoms with Crippen LogP contribution < -0.4 is 10.0 Å². The molecule has 3 rings (SSSR count). The molecule has 0 aliphatic carbocycles. The molecule has 2 aromatic carbocycles. The molecular formula is C20H18BrN3O3S. The monoisotopic (exact) mass is 459 g/mol. The number of hydrogen-bond donors (Lipinski definition) is 2. The van der Waals surface area contributed by atoms with Crippen molar-refractivity contribution in [2.45, 2.75) is 11.3 Å². The number of aromatic nitrogens is 1. The third kappa shape index (κ3) is 5.40. The molecule has 0 saturated heterocycles. The minimum absolute atomic E-state index is 0.140. The van der Waals surface area contributed by atoms with Crippen LogP contribution >= 0.6 is 15.9 Å². The maximum atomic E-state index is 12.5. The molecule has 1 aromatic heterocycles. The predicted molar refractivity (Wildman–Crippen MR) is 112 cm³/mol. The molecule has 0 bridgehead atoms. The zero-order chi connectivity index (χ0) is 20.0. The van der Waals surface area contributed by atoms with E-state index in [0.29, 0.717) is 24.2 Å². The summed E-state index contributed by atoms with van der Waals surface area (Å²) in [6, 6.07) is 18.3. The highest BCUT2D eigenvalue weighted by Crippen LogP contribution is 2.19. The van der Waals surface area contributed by atoms with Crippen LogP contribution in [-0.2, 0) is 16.4 Å². The van der Waals surface area contributed by atoms with Crippen molar-refractivity contribution in [3.8, 4) is 0 Å². The third-order valence-corrected chi connectivity index (χ3v) is 5.82. The van der Waals surface area contributed by atoms with Crippen LogP contribution in [0.2, 0.25) is 0 Å². The first kappa shape index (κ1) is 20.0. The van der Waals surface area contributed by atoms with E-state index in [-0.39, 0.29) is 10.8 Å². The smallest absolute Gasteiger partial charge is 0.261 e. The number of benzene rings is 2. The Labute approximate surface area is 172 Å². The molecule has 28 heavy (non-hydrogen) atoms. The SMILES string of the molecule is O=C(NCCc1ccccn1)c1cccc(NS(=O)(=O)c2ccc(Br)cc2)c1. The van der Waals surface area contributed by atoms with Crippen molar-refractivity contribution < 1.29 is 13.2 Å². The van der Waals surface area contributed by atoms with Crippen molar-refractivity contribution in [3.05, 3.63) is 88.7 Å². The molecule has 0 aliphatic rings. The van der Waals surface area contributed by atoms with Gasteiger partial charge in [-0.05, 0) is 54.6 Å². The Hall–Kier alpha value is -2.71. The summed E-state index contributed by atoms with van der Waals surface area (Å²) in [6.45, 7) is 0.435.